The van der Waals surface area contributed by atoms with Gasteiger partial charge in [-0.2, -0.15) is 14.1 Å². The van der Waals surface area contributed by atoms with Crippen LogP contribution in [0.3, 0.4) is 0 Å². The van der Waals surface area contributed by atoms with Crippen molar-refractivity contribution >= 4 is 15.7 Å². The van der Waals surface area contributed by atoms with Crippen molar-refractivity contribution in [2.45, 2.75) is 38.0 Å². The van der Waals surface area contributed by atoms with Crippen molar-refractivity contribution in [1.82, 2.24) is 14.1 Å². The number of ether oxygens (including phenoxy) is 1. The number of anilines is 1. The Kier molecular flexibility index (Phi) is 6.95. The van der Waals surface area contributed by atoms with Crippen LogP contribution in [-0.4, -0.2) is 60.0 Å². The fraction of sp³-hybridized carbons (Fsp3) is 0.385. The molecule has 3 aromatic rings. The summed E-state index contributed by atoms with van der Waals surface area (Å²) >= 11 is 0. The molecule has 12 heteroatoms. The quantitative estimate of drug-likeness (QED) is 0.471. The molecule has 1 aliphatic carbocycles. The van der Waals surface area contributed by atoms with Crippen LogP contribution in [0.25, 0.3) is 5.69 Å². The Labute approximate surface area is 218 Å². The molecule has 0 bridgehead atoms. The van der Waals surface area contributed by atoms with Gasteiger partial charge < -0.3 is 9.64 Å². The second kappa shape index (κ2) is 10.1. The Balaban J connectivity index is 1.48. The third-order valence-electron chi connectivity index (χ3n) is 6.92. The van der Waals surface area contributed by atoms with Gasteiger partial charge >= 0.3 is 5.56 Å². The highest BCUT2D eigenvalue weighted by atomic mass is 32.2. The van der Waals surface area contributed by atoms with Crippen molar-refractivity contribution in [2.75, 3.05) is 31.1 Å². The number of fused-ring (bicyclic) bond motifs is 1. The summed E-state index contributed by atoms with van der Waals surface area (Å²) < 4.78 is 75.8. The SMILES string of the molecule is CC(C)S(=O)(=O)N1CCN(c2cnn(-c3cccc(F)c3)c(=O)c2OC2Cc3cc(F)cc(F)c3C2)CC1. The van der Waals surface area contributed by atoms with Crippen molar-refractivity contribution in [1.29, 1.82) is 0 Å². The summed E-state index contributed by atoms with van der Waals surface area (Å²) in [6.07, 6.45) is 1.13. The molecule has 0 spiro atoms. The van der Waals surface area contributed by atoms with E-state index in [1.165, 1.54) is 34.8 Å². The molecule has 202 valence electrons. The normalized spacial score (nSPS) is 18.2. The molecule has 1 aromatic heterocycles. The van der Waals surface area contributed by atoms with Gasteiger partial charge in [0.15, 0.2) is 0 Å². The third kappa shape index (κ3) is 4.90. The Morgan fingerprint density at radius 1 is 1.00 bits per heavy atom. The highest BCUT2D eigenvalue weighted by Gasteiger charge is 2.33. The molecule has 1 unspecified atom stereocenters. The Morgan fingerprint density at radius 3 is 2.42 bits per heavy atom. The van der Waals surface area contributed by atoms with Crippen LogP contribution < -0.4 is 15.2 Å². The number of hydrogen-bond acceptors (Lipinski definition) is 6. The fourth-order valence-electron chi connectivity index (χ4n) is 4.90. The summed E-state index contributed by atoms with van der Waals surface area (Å²) in [5.41, 5.74) is 0.716. The molecule has 1 saturated heterocycles. The molecule has 1 atom stereocenters. The van der Waals surface area contributed by atoms with Crippen LogP contribution in [0.4, 0.5) is 18.9 Å². The van der Waals surface area contributed by atoms with E-state index in [4.69, 9.17) is 4.74 Å². The van der Waals surface area contributed by atoms with Crippen LogP contribution in [0.1, 0.15) is 25.0 Å². The number of sulfonamides is 1. The van der Waals surface area contributed by atoms with Gasteiger partial charge in [0.2, 0.25) is 15.8 Å². The van der Waals surface area contributed by atoms with Gasteiger partial charge in [-0.1, -0.05) is 6.07 Å². The predicted molar refractivity (Wildman–Crippen MR) is 136 cm³/mol. The minimum atomic E-state index is -3.44. The fourth-order valence-corrected chi connectivity index (χ4v) is 6.17. The zero-order chi connectivity index (χ0) is 27.2. The molecule has 38 heavy (non-hydrogen) atoms. The summed E-state index contributed by atoms with van der Waals surface area (Å²) in [5, 5.41) is 3.68. The van der Waals surface area contributed by atoms with Crippen LogP contribution >= 0.6 is 0 Å². The van der Waals surface area contributed by atoms with Gasteiger partial charge in [-0.25, -0.2) is 21.6 Å². The maximum atomic E-state index is 14.4. The van der Waals surface area contributed by atoms with E-state index in [0.717, 1.165) is 16.8 Å². The average molecular weight is 549 g/mol. The molecule has 0 N–H and O–H groups in total. The number of nitrogens with zero attached hydrogens (tertiary/aromatic N) is 4. The van der Waals surface area contributed by atoms with Gasteiger partial charge in [0.25, 0.3) is 0 Å². The molecular weight excluding hydrogens is 521 g/mol. The van der Waals surface area contributed by atoms with E-state index in [9.17, 15) is 26.4 Å². The number of piperazine rings is 1. The highest BCUT2D eigenvalue weighted by Crippen LogP contribution is 2.32. The van der Waals surface area contributed by atoms with Crippen molar-refractivity contribution < 1.29 is 26.3 Å². The molecule has 2 aromatic carbocycles. The summed E-state index contributed by atoms with van der Waals surface area (Å²) in [6.45, 7) is 4.25. The van der Waals surface area contributed by atoms with Crippen molar-refractivity contribution in [3.8, 4) is 11.4 Å². The largest absolute Gasteiger partial charge is 0.482 e. The lowest BCUT2D eigenvalue weighted by Crippen LogP contribution is -2.50. The van der Waals surface area contributed by atoms with Gasteiger partial charge in [-0.05, 0) is 49.2 Å². The maximum absolute atomic E-state index is 14.4. The van der Waals surface area contributed by atoms with E-state index in [0.29, 0.717) is 16.8 Å². The van der Waals surface area contributed by atoms with E-state index in [-0.39, 0.29) is 50.5 Å². The van der Waals surface area contributed by atoms with Gasteiger partial charge in [0, 0.05) is 45.1 Å². The second-order valence-electron chi connectivity index (χ2n) is 9.71. The minimum absolute atomic E-state index is 0.0666. The number of benzene rings is 2. The Morgan fingerprint density at radius 2 is 1.74 bits per heavy atom. The third-order valence-corrected chi connectivity index (χ3v) is 9.20. The van der Waals surface area contributed by atoms with Crippen molar-refractivity contribution in [3.05, 3.63) is 81.5 Å². The molecule has 5 rings (SSSR count). The first-order valence-corrected chi connectivity index (χ1v) is 13.8. The van der Waals surface area contributed by atoms with E-state index >= 15 is 0 Å². The van der Waals surface area contributed by atoms with Gasteiger partial charge in [0.05, 0.1) is 17.1 Å². The summed E-state index contributed by atoms with van der Waals surface area (Å²) in [5.74, 6) is -1.97. The molecule has 1 aliphatic heterocycles. The number of aromatic nitrogens is 2. The van der Waals surface area contributed by atoms with Crippen LogP contribution in [0.2, 0.25) is 0 Å². The number of rotatable bonds is 6. The molecule has 0 amide bonds. The van der Waals surface area contributed by atoms with Crippen molar-refractivity contribution in [3.63, 3.8) is 0 Å². The first-order chi connectivity index (χ1) is 18.0. The second-order valence-corrected chi connectivity index (χ2v) is 12.2. The Hall–Kier alpha value is -3.38. The van der Waals surface area contributed by atoms with E-state index in [1.807, 2.05) is 4.90 Å². The topological polar surface area (TPSA) is 84.7 Å². The lowest BCUT2D eigenvalue weighted by atomic mass is 10.1. The lowest BCUT2D eigenvalue weighted by molar-refractivity contribution is 0.209. The lowest BCUT2D eigenvalue weighted by Gasteiger charge is -2.36. The first kappa shape index (κ1) is 26.2. The van der Waals surface area contributed by atoms with Crippen LogP contribution in [-0.2, 0) is 22.9 Å². The average Bonchev–Trinajstić information content (AvgIpc) is 3.28. The molecule has 2 heterocycles. The first-order valence-electron chi connectivity index (χ1n) is 12.3. The maximum Gasteiger partial charge on any atom is 0.316 e. The van der Waals surface area contributed by atoms with Crippen molar-refractivity contribution in [2.24, 2.45) is 0 Å². The molecule has 1 fully saturated rings. The van der Waals surface area contributed by atoms with Gasteiger partial charge in [-0.3, -0.25) is 4.79 Å². The molecule has 0 saturated carbocycles. The Bertz CT molecular complexity index is 1540. The predicted octanol–water partition coefficient (Wildman–Crippen LogP) is 3.06. The zero-order valence-electron chi connectivity index (χ0n) is 20.9. The monoisotopic (exact) mass is 548 g/mol. The molecule has 8 nitrogen and oxygen atoms in total. The molecular formula is C26H27F3N4O4S. The van der Waals surface area contributed by atoms with Crippen LogP contribution in [0.15, 0.2) is 47.4 Å². The van der Waals surface area contributed by atoms with Gasteiger partial charge in [0.1, 0.15) is 29.2 Å². The standard InChI is InChI=1S/C26H27F3N4O4S/c1-16(2)38(35,36)32-8-6-31(7-9-32)24-15-30-33(20-5-3-4-18(27)12-20)26(34)25(24)37-21-11-17-10-19(28)13-23(29)22(17)14-21/h3-5,10,12-13,15-16,21H,6-9,11,14H2,1-2H3. The van der Waals surface area contributed by atoms with Gasteiger partial charge in [-0.15, -0.1) is 0 Å². The molecule has 2 aliphatic rings. The van der Waals surface area contributed by atoms with Crippen LogP contribution in [0.5, 0.6) is 5.75 Å². The number of hydrogen-bond donors (Lipinski definition) is 0. The summed E-state index contributed by atoms with van der Waals surface area (Å²) in [4.78, 5) is 15.4. The van der Waals surface area contributed by atoms with E-state index in [1.54, 1.807) is 13.8 Å². The minimum Gasteiger partial charge on any atom is -0.482 e. The summed E-state index contributed by atoms with van der Waals surface area (Å²) in [6, 6.07) is 7.47. The molecule has 0 radical (unpaired) electrons. The number of halogens is 3. The van der Waals surface area contributed by atoms with E-state index < -0.39 is 44.4 Å². The van der Waals surface area contributed by atoms with E-state index in [2.05, 4.69) is 5.10 Å². The highest BCUT2D eigenvalue weighted by molar-refractivity contribution is 7.89. The van der Waals surface area contributed by atoms with Crippen LogP contribution in [0, 0.1) is 17.5 Å². The zero-order valence-corrected chi connectivity index (χ0v) is 21.7. The summed E-state index contributed by atoms with van der Waals surface area (Å²) in [7, 11) is -3.44. The smallest absolute Gasteiger partial charge is 0.316 e.